The highest BCUT2D eigenvalue weighted by Gasteiger charge is 2.25. The zero-order valence-corrected chi connectivity index (χ0v) is 17.5. The zero-order valence-electron chi connectivity index (χ0n) is 15.1. The molecular formula is C17H16ClN3O5S2. The van der Waals surface area contributed by atoms with Crippen molar-refractivity contribution in [1.82, 2.24) is 9.45 Å². The molecule has 0 saturated carbocycles. The number of hydrogen-bond acceptors (Lipinski definition) is 7. The maximum atomic E-state index is 12.6. The highest BCUT2D eigenvalue weighted by atomic mass is 35.5. The topological polar surface area (TPSA) is 97.8 Å². The normalized spacial score (nSPS) is 11.8. The van der Waals surface area contributed by atoms with Crippen molar-refractivity contribution >= 4 is 54.2 Å². The molecule has 0 aliphatic heterocycles. The Morgan fingerprint density at radius 3 is 2.64 bits per heavy atom. The number of nitrogens with one attached hydrogen (secondary N) is 1. The number of benzene rings is 2. The lowest BCUT2D eigenvalue weighted by Gasteiger charge is -2.15. The van der Waals surface area contributed by atoms with Crippen LogP contribution in [0.15, 0.2) is 41.3 Å². The van der Waals surface area contributed by atoms with Crippen LogP contribution in [0, 0.1) is 0 Å². The summed E-state index contributed by atoms with van der Waals surface area (Å²) in [6.07, 6.45) is 0. The first-order valence-corrected chi connectivity index (χ1v) is 10.5. The summed E-state index contributed by atoms with van der Waals surface area (Å²) in [6, 6.07) is 9.34. The van der Waals surface area contributed by atoms with Gasteiger partial charge in [-0.1, -0.05) is 27.4 Å². The predicted octanol–water partition coefficient (Wildman–Crippen LogP) is 3.39. The van der Waals surface area contributed by atoms with Gasteiger partial charge >= 0.3 is 0 Å². The molecule has 3 aromatic rings. The van der Waals surface area contributed by atoms with E-state index < -0.39 is 15.9 Å². The second-order valence-electron chi connectivity index (χ2n) is 5.55. The van der Waals surface area contributed by atoms with E-state index in [0.29, 0.717) is 20.9 Å². The van der Waals surface area contributed by atoms with Crippen LogP contribution in [-0.4, -0.2) is 45.0 Å². The van der Waals surface area contributed by atoms with E-state index in [-0.39, 0.29) is 15.5 Å². The maximum Gasteiger partial charge on any atom is 0.266 e. The molecule has 8 nitrogen and oxygen atoms in total. The number of carbonyl (C=O) groups excluding carboxylic acids is 1. The van der Waals surface area contributed by atoms with Crippen molar-refractivity contribution < 1.29 is 22.8 Å². The minimum Gasteiger partial charge on any atom is -0.497 e. The third-order valence-corrected chi connectivity index (χ3v) is 6.98. The lowest BCUT2D eigenvalue weighted by molar-refractivity contribution is -0.0258. The molecule has 0 radical (unpaired) electrons. The third kappa shape index (κ3) is 3.96. The molecule has 28 heavy (non-hydrogen) atoms. The summed E-state index contributed by atoms with van der Waals surface area (Å²) in [7, 11) is 0.00538. The SMILES string of the molecule is COc1ccc2nc(NC(=O)c3ccc(Cl)c(S(=O)(=O)N(C)OC)c3)sc2c1. The van der Waals surface area contributed by atoms with Crippen molar-refractivity contribution in [3.63, 3.8) is 0 Å². The number of thiazole rings is 1. The van der Waals surface area contributed by atoms with Gasteiger partial charge in [0.1, 0.15) is 10.6 Å². The number of hydroxylamine groups is 1. The monoisotopic (exact) mass is 441 g/mol. The summed E-state index contributed by atoms with van der Waals surface area (Å²) in [5.41, 5.74) is 0.825. The molecule has 3 rings (SSSR count). The molecule has 0 bridgehead atoms. The molecule has 2 aromatic carbocycles. The number of sulfonamides is 1. The van der Waals surface area contributed by atoms with Gasteiger partial charge < -0.3 is 4.74 Å². The van der Waals surface area contributed by atoms with Crippen LogP contribution in [0.4, 0.5) is 5.13 Å². The van der Waals surface area contributed by atoms with Crippen LogP contribution >= 0.6 is 22.9 Å². The molecule has 0 spiro atoms. The van der Waals surface area contributed by atoms with Crippen molar-refractivity contribution in [1.29, 1.82) is 0 Å². The summed E-state index contributed by atoms with van der Waals surface area (Å²) in [5.74, 6) is 0.169. The smallest absolute Gasteiger partial charge is 0.266 e. The first kappa shape index (κ1) is 20.5. The highest BCUT2D eigenvalue weighted by molar-refractivity contribution is 7.89. The Kier molecular flexibility index (Phi) is 5.87. The Morgan fingerprint density at radius 1 is 1.21 bits per heavy atom. The quantitative estimate of drug-likeness (QED) is 0.589. The summed E-state index contributed by atoms with van der Waals surface area (Å²) >= 11 is 7.29. The zero-order chi connectivity index (χ0) is 20.5. The summed E-state index contributed by atoms with van der Waals surface area (Å²) in [4.78, 5) is 21.4. The number of nitrogens with zero attached hydrogens (tertiary/aromatic N) is 2. The molecule has 0 unspecified atom stereocenters. The molecule has 11 heteroatoms. The number of hydrogen-bond donors (Lipinski definition) is 1. The molecule has 0 aliphatic carbocycles. The first-order chi connectivity index (χ1) is 13.3. The third-order valence-electron chi connectivity index (χ3n) is 3.88. The van der Waals surface area contributed by atoms with E-state index in [4.69, 9.17) is 21.2 Å². The van der Waals surface area contributed by atoms with Crippen LogP contribution in [-0.2, 0) is 14.9 Å². The minimum atomic E-state index is -4.00. The van der Waals surface area contributed by atoms with E-state index in [9.17, 15) is 13.2 Å². The molecule has 1 aromatic heterocycles. The Labute approximate surface area is 170 Å². The Bertz CT molecular complexity index is 1150. The summed E-state index contributed by atoms with van der Waals surface area (Å²) in [6.45, 7) is 0. The van der Waals surface area contributed by atoms with E-state index in [1.807, 2.05) is 6.07 Å². The molecular weight excluding hydrogens is 426 g/mol. The molecule has 1 N–H and O–H groups in total. The Hall–Kier alpha value is -2.24. The van der Waals surface area contributed by atoms with Gasteiger partial charge in [-0.3, -0.25) is 14.9 Å². The standard InChI is InChI=1S/C17H16ClN3O5S2/c1-21(26-3)28(23,24)15-8-10(4-6-12(15)18)16(22)20-17-19-13-7-5-11(25-2)9-14(13)27-17/h4-9H,1-3H3,(H,19,20,22). The van der Waals surface area contributed by atoms with E-state index >= 15 is 0 Å². The summed E-state index contributed by atoms with van der Waals surface area (Å²) in [5, 5.41) is 3.03. The number of halogens is 1. The minimum absolute atomic E-state index is 0.0208. The van der Waals surface area contributed by atoms with Crippen LogP contribution in [0.1, 0.15) is 10.4 Å². The van der Waals surface area contributed by atoms with Gasteiger partial charge in [-0.15, -0.1) is 0 Å². The number of carbonyl (C=O) groups is 1. The fourth-order valence-corrected chi connectivity index (χ4v) is 4.70. The molecule has 0 atom stereocenters. The average Bonchev–Trinajstić information content (AvgIpc) is 3.08. The average molecular weight is 442 g/mol. The van der Waals surface area contributed by atoms with Crippen LogP contribution in [0.5, 0.6) is 5.75 Å². The van der Waals surface area contributed by atoms with E-state index in [2.05, 4.69) is 10.3 Å². The van der Waals surface area contributed by atoms with Crippen molar-refractivity contribution in [2.75, 3.05) is 26.6 Å². The number of fused-ring (bicyclic) bond motifs is 1. The maximum absolute atomic E-state index is 12.6. The van der Waals surface area contributed by atoms with Gasteiger partial charge in [0.25, 0.3) is 15.9 Å². The van der Waals surface area contributed by atoms with Gasteiger partial charge in [-0.25, -0.2) is 13.4 Å². The van der Waals surface area contributed by atoms with Crippen molar-refractivity contribution in [3.05, 3.63) is 47.0 Å². The number of amides is 1. The number of methoxy groups -OCH3 is 1. The van der Waals surface area contributed by atoms with Gasteiger partial charge in [0, 0.05) is 12.6 Å². The fraction of sp³-hybridized carbons (Fsp3) is 0.176. The second-order valence-corrected chi connectivity index (χ2v) is 8.89. The molecule has 0 aliphatic rings. The van der Waals surface area contributed by atoms with Crippen molar-refractivity contribution in [3.8, 4) is 5.75 Å². The number of aromatic nitrogens is 1. The largest absolute Gasteiger partial charge is 0.497 e. The molecule has 0 fully saturated rings. The van der Waals surface area contributed by atoms with Crippen molar-refractivity contribution in [2.45, 2.75) is 4.90 Å². The highest BCUT2D eigenvalue weighted by Crippen LogP contribution is 2.30. The fourth-order valence-electron chi connectivity index (χ4n) is 2.33. The van der Waals surface area contributed by atoms with E-state index in [0.717, 1.165) is 4.70 Å². The summed E-state index contributed by atoms with van der Waals surface area (Å²) < 4.78 is 31.6. The predicted molar refractivity (Wildman–Crippen MR) is 108 cm³/mol. The van der Waals surface area contributed by atoms with Gasteiger partial charge in [0.05, 0.1) is 29.5 Å². The molecule has 0 saturated heterocycles. The molecule has 1 amide bonds. The number of anilines is 1. The van der Waals surface area contributed by atoms with E-state index in [1.165, 1.54) is 43.7 Å². The number of ether oxygens (including phenoxy) is 1. The van der Waals surface area contributed by atoms with Gasteiger partial charge in [-0.2, -0.15) is 0 Å². The van der Waals surface area contributed by atoms with E-state index in [1.54, 1.807) is 19.2 Å². The molecule has 148 valence electrons. The van der Waals surface area contributed by atoms with Crippen LogP contribution < -0.4 is 10.1 Å². The second kappa shape index (κ2) is 8.02. The molecule has 1 heterocycles. The van der Waals surface area contributed by atoms with Crippen LogP contribution in [0.3, 0.4) is 0 Å². The van der Waals surface area contributed by atoms with Crippen LogP contribution in [0.2, 0.25) is 5.02 Å². The first-order valence-electron chi connectivity index (χ1n) is 7.85. The lowest BCUT2D eigenvalue weighted by Crippen LogP contribution is -2.26. The van der Waals surface area contributed by atoms with Crippen LogP contribution in [0.25, 0.3) is 10.2 Å². The Balaban J connectivity index is 1.90. The van der Waals surface area contributed by atoms with Gasteiger partial charge in [0.2, 0.25) is 0 Å². The lowest BCUT2D eigenvalue weighted by atomic mass is 10.2. The number of rotatable bonds is 6. The van der Waals surface area contributed by atoms with Crippen molar-refractivity contribution in [2.24, 2.45) is 0 Å². The Morgan fingerprint density at radius 2 is 1.96 bits per heavy atom. The van der Waals surface area contributed by atoms with Gasteiger partial charge in [-0.05, 0) is 36.4 Å². The van der Waals surface area contributed by atoms with Gasteiger partial charge in [0.15, 0.2) is 5.13 Å².